The predicted octanol–water partition coefficient (Wildman–Crippen LogP) is 3.33. The third kappa shape index (κ3) is 3.14. The molecule has 100 valence electrons. The highest BCUT2D eigenvalue weighted by molar-refractivity contribution is 9.10. The number of aromatic carboxylic acids is 1. The fourth-order valence-electron chi connectivity index (χ4n) is 1.54. The van der Waals surface area contributed by atoms with Crippen molar-refractivity contribution in [1.29, 1.82) is 0 Å². The van der Waals surface area contributed by atoms with Gasteiger partial charge in [0.15, 0.2) is 6.61 Å². The molecule has 1 aromatic carbocycles. The summed E-state index contributed by atoms with van der Waals surface area (Å²) in [4.78, 5) is 15.3. The zero-order chi connectivity index (χ0) is 14.0. The maximum atomic E-state index is 11.1. The smallest absolute Gasteiger partial charge is 0.339 e. The van der Waals surface area contributed by atoms with Gasteiger partial charge in [0.25, 0.3) is 0 Å². The van der Waals surface area contributed by atoms with Gasteiger partial charge in [0, 0.05) is 4.47 Å². The van der Waals surface area contributed by atoms with Crippen molar-refractivity contribution in [1.82, 2.24) is 4.98 Å². The third-order valence-electron chi connectivity index (χ3n) is 2.60. The second-order valence-corrected chi connectivity index (χ2v) is 4.90. The molecule has 0 spiro atoms. The van der Waals surface area contributed by atoms with Crippen LogP contribution in [0.3, 0.4) is 0 Å². The van der Waals surface area contributed by atoms with Gasteiger partial charge in [-0.3, -0.25) is 0 Å². The quantitative estimate of drug-likeness (QED) is 0.933. The van der Waals surface area contributed by atoms with E-state index in [2.05, 4.69) is 20.9 Å². The highest BCUT2D eigenvalue weighted by atomic mass is 79.9. The average molecular weight is 326 g/mol. The number of ether oxygens (including phenoxy) is 1. The van der Waals surface area contributed by atoms with Crippen LogP contribution in [0.15, 0.2) is 27.1 Å². The predicted molar refractivity (Wildman–Crippen MR) is 71.4 cm³/mol. The molecule has 0 amide bonds. The molecule has 2 aromatic rings. The lowest BCUT2D eigenvalue weighted by atomic mass is 10.2. The second-order valence-electron chi connectivity index (χ2n) is 3.98. The first-order valence-electron chi connectivity index (χ1n) is 5.56. The molecule has 0 saturated carbocycles. The van der Waals surface area contributed by atoms with Gasteiger partial charge in [-0.2, -0.15) is 0 Å². The zero-order valence-electron chi connectivity index (χ0n) is 10.4. The monoisotopic (exact) mass is 325 g/mol. The van der Waals surface area contributed by atoms with Crippen LogP contribution in [0.2, 0.25) is 0 Å². The second kappa shape index (κ2) is 5.44. The number of benzene rings is 1. The Balaban J connectivity index is 2.17. The Labute approximate surface area is 118 Å². The van der Waals surface area contributed by atoms with Crippen molar-refractivity contribution in [2.45, 2.75) is 20.5 Å². The minimum absolute atomic E-state index is 0.0920. The van der Waals surface area contributed by atoms with Gasteiger partial charge in [0.1, 0.15) is 17.1 Å². The molecule has 6 heteroatoms. The molecule has 5 nitrogen and oxygen atoms in total. The Hall–Kier alpha value is -1.82. The number of carboxylic acids is 1. The van der Waals surface area contributed by atoms with Gasteiger partial charge in [-0.25, -0.2) is 9.78 Å². The van der Waals surface area contributed by atoms with E-state index in [1.54, 1.807) is 12.1 Å². The van der Waals surface area contributed by atoms with Crippen LogP contribution in [-0.2, 0) is 6.61 Å². The van der Waals surface area contributed by atoms with Crippen LogP contribution in [0.25, 0.3) is 0 Å². The fourth-order valence-corrected chi connectivity index (χ4v) is 1.90. The van der Waals surface area contributed by atoms with Crippen LogP contribution in [-0.4, -0.2) is 16.1 Å². The largest absolute Gasteiger partial charge is 0.483 e. The summed E-state index contributed by atoms with van der Waals surface area (Å²) in [6, 6.07) is 4.80. The van der Waals surface area contributed by atoms with Gasteiger partial charge >= 0.3 is 5.97 Å². The SMILES string of the molecule is Cc1nc(COc2ccc(Br)cc2C(=O)O)oc1C. The lowest BCUT2D eigenvalue weighted by Gasteiger charge is -2.07. The number of rotatable bonds is 4. The lowest BCUT2D eigenvalue weighted by Crippen LogP contribution is -2.03. The molecule has 19 heavy (non-hydrogen) atoms. The number of carbonyl (C=O) groups is 1. The highest BCUT2D eigenvalue weighted by Crippen LogP contribution is 2.24. The Morgan fingerprint density at radius 2 is 2.21 bits per heavy atom. The fraction of sp³-hybridized carbons (Fsp3) is 0.231. The Morgan fingerprint density at radius 3 is 2.79 bits per heavy atom. The van der Waals surface area contributed by atoms with Crippen LogP contribution in [0.5, 0.6) is 5.75 Å². The molecule has 0 radical (unpaired) electrons. The van der Waals surface area contributed by atoms with Crippen molar-refractivity contribution in [3.8, 4) is 5.75 Å². The molecule has 1 N–H and O–H groups in total. The Bertz CT molecular complexity index is 602. The zero-order valence-corrected chi connectivity index (χ0v) is 12.0. The molecule has 0 aliphatic rings. The summed E-state index contributed by atoms with van der Waals surface area (Å²) in [6.07, 6.45) is 0. The van der Waals surface area contributed by atoms with E-state index in [1.165, 1.54) is 6.07 Å². The van der Waals surface area contributed by atoms with Gasteiger partial charge in [-0.1, -0.05) is 15.9 Å². The molecule has 0 fully saturated rings. The molecule has 2 rings (SSSR count). The van der Waals surface area contributed by atoms with E-state index < -0.39 is 5.97 Å². The number of nitrogens with zero attached hydrogens (tertiary/aromatic N) is 1. The van der Waals surface area contributed by atoms with Crippen molar-refractivity contribution in [2.75, 3.05) is 0 Å². The van der Waals surface area contributed by atoms with Gasteiger partial charge < -0.3 is 14.3 Å². The topological polar surface area (TPSA) is 72.6 Å². The number of halogens is 1. The average Bonchev–Trinajstić information content (AvgIpc) is 2.67. The standard InChI is InChI=1S/C13H12BrNO4/c1-7-8(2)19-12(15-7)6-18-11-4-3-9(14)5-10(11)13(16)17/h3-5H,6H2,1-2H3,(H,16,17). The minimum atomic E-state index is -1.05. The first kappa shape index (κ1) is 13.6. The molecular weight excluding hydrogens is 314 g/mol. The van der Waals surface area contributed by atoms with Crippen molar-refractivity contribution < 1.29 is 19.1 Å². The Morgan fingerprint density at radius 1 is 1.47 bits per heavy atom. The van der Waals surface area contributed by atoms with Gasteiger partial charge in [0.05, 0.1) is 5.69 Å². The molecule has 0 bridgehead atoms. The van der Waals surface area contributed by atoms with Gasteiger partial charge in [-0.15, -0.1) is 0 Å². The molecular formula is C13H12BrNO4. The maximum absolute atomic E-state index is 11.1. The number of oxazole rings is 1. The van der Waals surface area contributed by atoms with Crippen molar-refractivity contribution in [2.24, 2.45) is 0 Å². The van der Waals surface area contributed by atoms with Gasteiger partial charge in [-0.05, 0) is 32.0 Å². The summed E-state index contributed by atoms with van der Waals surface area (Å²) in [6.45, 7) is 3.75. The van der Waals surface area contributed by atoms with Crippen LogP contribution < -0.4 is 4.74 Å². The molecule has 0 unspecified atom stereocenters. The lowest BCUT2D eigenvalue weighted by molar-refractivity contribution is 0.0691. The number of hydrogen-bond donors (Lipinski definition) is 1. The van der Waals surface area contributed by atoms with Crippen molar-refractivity contribution in [3.05, 3.63) is 45.6 Å². The summed E-state index contributed by atoms with van der Waals surface area (Å²) < 4.78 is 11.5. The molecule has 1 heterocycles. The van der Waals surface area contributed by atoms with Crippen LogP contribution in [0, 0.1) is 13.8 Å². The summed E-state index contributed by atoms with van der Waals surface area (Å²) >= 11 is 3.22. The van der Waals surface area contributed by atoms with Crippen molar-refractivity contribution in [3.63, 3.8) is 0 Å². The highest BCUT2D eigenvalue weighted by Gasteiger charge is 2.13. The molecule has 1 aromatic heterocycles. The van der Waals surface area contributed by atoms with E-state index in [1.807, 2.05) is 13.8 Å². The Kier molecular flexibility index (Phi) is 3.90. The number of aromatic nitrogens is 1. The minimum Gasteiger partial charge on any atom is -0.483 e. The molecule has 0 aliphatic carbocycles. The van der Waals surface area contributed by atoms with Crippen molar-refractivity contribution >= 4 is 21.9 Å². The normalized spacial score (nSPS) is 10.5. The summed E-state index contributed by atoms with van der Waals surface area (Å²) in [7, 11) is 0. The molecule has 0 atom stereocenters. The third-order valence-corrected chi connectivity index (χ3v) is 3.09. The number of aryl methyl sites for hydroxylation is 2. The van der Waals surface area contributed by atoms with E-state index in [4.69, 9.17) is 14.3 Å². The summed E-state index contributed by atoms with van der Waals surface area (Å²) in [5.74, 6) is 0.391. The summed E-state index contributed by atoms with van der Waals surface area (Å²) in [5.41, 5.74) is 0.891. The maximum Gasteiger partial charge on any atom is 0.339 e. The van der Waals surface area contributed by atoms with Crippen LogP contribution >= 0.6 is 15.9 Å². The number of carboxylic acid groups (broad SMARTS) is 1. The van der Waals surface area contributed by atoms with E-state index in [0.717, 1.165) is 11.5 Å². The van der Waals surface area contributed by atoms with E-state index in [-0.39, 0.29) is 17.9 Å². The van der Waals surface area contributed by atoms with Crippen LogP contribution in [0.4, 0.5) is 0 Å². The first-order chi connectivity index (χ1) is 8.97. The number of hydrogen-bond acceptors (Lipinski definition) is 4. The molecule has 0 saturated heterocycles. The van der Waals surface area contributed by atoms with Crippen LogP contribution in [0.1, 0.15) is 27.7 Å². The van der Waals surface area contributed by atoms with Gasteiger partial charge in [0.2, 0.25) is 5.89 Å². The van der Waals surface area contributed by atoms with E-state index in [0.29, 0.717) is 10.4 Å². The van der Waals surface area contributed by atoms with E-state index in [9.17, 15) is 4.79 Å². The van der Waals surface area contributed by atoms with E-state index >= 15 is 0 Å². The summed E-state index contributed by atoms with van der Waals surface area (Å²) in [5, 5.41) is 9.10. The first-order valence-corrected chi connectivity index (χ1v) is 6.35. The molecule has 0 aliphatic heterocycles.